The molecule has 13 saturated carbocycles. The van der Waals surface area contributed by atoms with Crippen LogP contribution >= 0.6 is 0 Å². The molecule has 0 aromatic carbocycles. The number of hydrogen-bond acceptors (Lipinski definition) is 1. The molecule has 1 heteroatoms. The zero-order valence-corrected chi connectivity index (χ0v) is 47.0. The van der Waals surface area contributed by atoms with Crippen molar-refractivity contribution in [1.82, 2.24) is 4.90 Å². The fourth-order valence-corrected chi connectivity index (χ4v) is 25.7. The second-order valence-corrected chi connectivity index (χ2v) is 30.8. The summed E-state index contributed by atoms with van der Waals surface area (Å²) in [6.07, 6.45) is 74.8. The molecule has 0 spiro atoms. The van der Waals surface area contributed by atoms with E-state index < -0.39 is 0 Å². The van der Waals surface area contributed by atoms with Gasteiger partial charge in [0, 0.05) is 18.1 Å². The van der Waals surface area contributed by atoms with Crippen molar-refractivity contribution in [1.29, 1.82) is 0 Å². The van der Waals surface area contributed by atoms with Crippen molar-refractivity contribution >= 4 is 0 Å². The van der Waals surface area contributed by atoms with Crippen molar-refractivity contribution in [3.05, 3.63) is 0 Å². The van der Waals surface area contributed by atoms with Gasteiger partial charge in [-0.05, 0) is 247 Å². The van der Waals surface area contributed by atoms with Crippen LogP contribution in [0.2, 0.25) is 0 Å². The molecule has 13 rings (SSSR count). The first-order valence-corrected chi connectivity index (χ1v) is 35.0. The number of nitrogens with zero attached hydrogens (tertiary/aromatic N) is 1. The van der Waals surface area contributed by atoms with E-state index in [1.807, 2.05) is 0 Å². The molecule has 0 heterocycles. The predicted octanol–water partition coefficient (Wildman–Crippen LogP) is 20.2. The Balaban J connectivity index is 0.678. The minimum atomic E-state index is 0.921. The molecular weight excluding hydrogens is 855 g/mol. The molecule has 14 unspecified atom stereocenters. The summed E-state index contributed by atoms with van der Waals surface area (Å²) in [6.45, 7) is 0. The van der Waals surface area contributed by atoms with Crippen molar-refractivity contribution in [2.45, 2.75) is 320 Å². The quantitative estimate of drug-likeness (QED) is 0.223. The molecule has 0 saturated heterocycles. The van der Waals surface area contributed by atoms with Gasteiger partial charge >= 0.3 is 0 Å². The van der Waals surface area contributed by atoms with Gasteiger partial charge in [0.15, 0.2) is 0 Å². The molecule has 0 radical (unpaired) electrons. The lowest BCUT2D eigenvalue weighted by Gasteiger charge is -2.61. The number of fused-ring (bicyclic) bond motifs is 4. The highest BCUT2D eigenvalue weighted by molar-refractivity contribution is 5.07. The van der Waals surface area contributed by atoms with E-state index in [2.05, 4.69) is 4.90 Å². The summed E-state index contributed by atoms with van der Waals surface area (Å²) in [5.41, 5.74) is 0. The van der Waals surface area contributed by atoms with E-state index in [0.29, 0.717) is 0 Å². The highest BCUT2D eigenvalue weighted by Crippen LogP contribution is 2.66. The summed E-state index contributed by atoms with van der Waals surface area (Å²) in [4.78, 5) is 3.40. The van der Waals surface area contributed by atoms with Gasteiger partial charge in [0.2, 0.25) is 0 Å². The van der Waals surface area contributed by atoms with Crippen LogP contribution < -0.4 is 0 Å². The molecular formula is C70H117N. The number of rotatable bonds is 9. The molecule has 0 aliphatic heterocycles. The highest BCUT2D eigenvalue weighted by Gasteiger charge is 2.58. The molecule has 0 aromatic rings. The van der Waals surface area contributed by atoms with Crippen molar-refractivity contribution in [3.63, 3.8) is 0 Å². The monoisotopic (exact) mass is 972 g/mol. The highest BCUT2D eigenvalue weighted by atomic mass is 15.2. The Bertz CT molecular complexity index is 1490. The van der Waals surface area contributed by atoms with Crippen molar-refractivity contribution in [3.8, 4) is 0 Å². The molecule has 0 N–H and O–H groups in total. The maximum atomic E-state index is 3.40. The van der Waals surface area contributed by atoms with Gasteiger partial charge in [-0.3, -0.25) is 4.90 Å². The van der Waals surface area contributed by atoms with Gasteiger partial charge < -0.3 is 0 Å². The Kier molecular flexibility index (Phi) is 16.7. The molecule has 13 fully saturated rings. The SMILES string of the molecule is C1CCC(C2C3CCCCC3C(C3CCCCC3)C3CC(C4CCC(N(C5CCCCC5)C5CCC(C6CCC7C(C6)C(C6CCCCC6)C6CCCCC6C7C6CCCCC6)CC5)CC4)CCC32)CC1. The summed E-state index contributed by atoms with van der Waals surface area (Å²) in [5.74, 6) is 22.2. The van der Waals surface area contributed by atoms with E-state index in [1.54, 1.807) is 270 Å². The largest absolute Gasteiger partial charge is 0.294 e. The van der Waals surface area contributed by atoms with E-state index >= 15 is 0 Å². The molecule has 0 bridgehead atoms. The smallest absolute Gasteiger partial charge is 0.0101 e. The summed E-state index contributed by atoms with van der Waals surface area (Å²) in [7, 11) is 0. The van der Waals surface area contributed by atoms with Crippen LogP contribution in [0.4, 0.5) is 0 Å². The van der Waals surface area contributed by atoms with Gasteiger partial charge in [-0.15, -0.1) is 0 Å². The van der Waals surface area contributed by atoms with Gasteiger partial charge in [-0.25, -0.2) is 0 Å². The van der Waals surface area contributed by atoms with Crippen LogP contribution in [0.25, 0.3) is 0 Å². The second-order valence-electron chi connectivity index (χ2n) is 30.8. The van der Waals surface area contributed by atoms with Crippen molar-refractivity contribution < 1.29 is 0 Å². The molecule has 0 aromatic heterocycles. The molecule has 0 amide bonds. The van der Waals surface area contributed by atoms with Crippen molar-refractivity contribution in [2.75, 3.05) is 0 Å². The minimum absolute atomic E-state index is 0.921. The summed E-state index contributed by atoms with van der Waals surface area (Å²) in [5, 5.41) is 0. The Labute approximate surface area is 441 Å². The van der Waals surface area contributed by atoms with Gasteiger partial charge in [-0.2, -0.15) is 0 Å². The van der Waals surface area contributed by atoms with Crippen LogP contribution in [-0.2, 0) is 0 Å². The summed E-state index contributed by atoms with van der Waals surface area (Å²) < 4.78 is 0. The molecule has 14 atom stereocenters. The van der Waals surface area contributed by atoms with Gasteiger partial charge in [0.25, 0.3) is 0 Å². The third kappa shape index (κ3) is 10.4. The zero-order chi connectivity index (χ0) is 47.1. The van der Waals surface area contributed by atoms with E-state index in [4.69, 9.17) is 0 Å². The van der Waals surface area contributed by atoms with E-state index in [1.165, 1.54) is 32.1 Å². The first kappa shape index (κ1) is 50.5. The van der Waals surface area contributed by atoms with Crippen molar-refractivity contribution in [2.24, 2.45) is 118 Å². The van der Waals surface area contributed by atoms with Gasteiger partial charge in [-0.1, -0.05) is 173 Å². The topological polar surface area (TPSA) is 3.24 Å². The standard InChI is InChI=1S/C70H117N/c1-6-20-50(21-7-1)67-59-30-16-18-32-61(59)69(52-24-10-3-11-25-52)65-46-54(38-44-63(65)67)48-34-40-57(41-35-48)71(56-28-14-5-15-29-56)58-42-36-49(37-43-58)55-39-45-64-66(47-55)70(53-26-12-4-13-27-53)62-33-19-17-31-60(62)68(64)51-22-8-2-9-23-51/h48-70H,1-47H2. The first-order chi connectivity index (χ1) is 35.2. The molecule has 71 heavy (non-hydrogen) atoms. The van der Waals surface area contributed by atoms with Gasteiger partial charge in [0.1, 0.15) is 0 Å². The van der Waals surface area contributed by atoms with E-state index in [9.17, 15) is 0 Å². The fourth-order valence-electron chi connectivity index (χ4n) is 25.7. The molecule has 13 aliphatic rings. The van der Waals surface area contributed by atoms with Crippen LogP contribution in [-0.4, -0.2) is 23.0 Å². The Morgan fingerprint density at radius 2 is 0.394 bits per heavy atom. The maximum absolute atomic E-state index is 3.40. The fraction of sp³-hybridized carbons (Fsp3) is 1.00. The maximum Gasteiger partial charge on any atom is 0.0101 e. The van der Waals surface area contributed by atoms with Crippen LogP contribution in [0.15, 0.2) is 0 Å². The predicted molar refractivity (Wildman–Crippen MR) is 300 cm³/mol. The normalized spacial score (nSPS) is 47.5. The Morgan fingerprint density at radius 3 is 0.718 bits per heavy atom. The van der Waals surface area contributed by atoms with E-state index in [-0.39, 0.29) is 0 Å². The lowest BCUT2D eigenvalue weighted by atomic mass is 9.44. The molecule has 1 nitrogen and oxygen atoms in total. The average Bonchev–Trinajstić information content (AvgIpc) is 3.45. The van der Waals surface area contributed by atoms with Crippen LogP contribution in [0.5, 0.6) is 0 Å². The third-order valence-electron chi connectivity index (χ3n) is 28.1. The van der Waals surface area contributed by atoms with Crippen LogP contribution in [0.3, 0.4) is 0 Å². The lowest BCUT2D eigenvalue weighted by Crippen LogP contribution is -2.55. The zero-order valence-electron chi connectivity index (χ0n) is 47.0. The van der Waals surface area contributed by atoms with Crippen LogP contribution in [0, 0.1) is 118 Å². The second kappa shape index (κ2) is 23.5. The minimum Gasteiger partial charge on any atom is -0.294 e. The molecule has 402 valence electrons. The lowest BCUT2D eigenvalue weighted by molar-refractivity contribution is -0.125. The van der Waals surface area contributed by atoms with Gasteiger partial charge in [0.05, 0.1) is 0 Å². The Morgan fingerprint density at radius 1 is 0.155 bits per heavy atom. The summed E-state index contributed by atoms with van der Waals surface area (Å²) >= 11 is 0. The summed E-state index contributed by atoms with van der Waals surface area (Å²) in [6, 6.07) is 2.77. The third-order valence-corrected chi connectivity index (χ3v) is 28.1. The van der Waals surface area contributed by atoms with Crippen LogP contribution in [0.1, 0.15) is 302 Å². The average molecular weight is 973 g/mol. The van der Waals surface area contributed by atoms with E-state index in [0.717, 1.165) is 136 Å². The Hall–Kier alpha value is -0.0400. The first-order valence-electron chi connectivity index (χ1n) is 35.0. The number of hydrogen-bond donors (Lipinski definition) is 0. The molecule has 13 aliphatic carbocycles.